The van der Waals surface area contributed by atoms with Gasteiger partial charge in [-0.3, -0.25) is 9.59 Å². The molecule has 0 bridgehead atoms. The molecule has 0 saturated carbocycles. The molecule has 0 atom stereocenters. The van der Waals surface area contributed by atoms with Crippen LogP contribution in [-0.2, 0) is 21.5 Å². The van der Waals surface area contributed by atoms with Crippen LogP contribution in [0.5, 0.6) is 11.5 Å². The van der Waals surface area contributed by atoms with Crippen molar-refractivity contribution in [2.24, 2.45) is 0 Å². The van der Waals surface area contributed by atoms with Crippen molar-refractivity contribution in [1.29, 1.82) is 0 Å². The Bertz CT molecular complexity index is 1260. The Morgan fingerprint density at radius 1 is 1.05 bits per heavy atom. The van der Waals surface area contributed by atoms with E-state index >= 15 is 0 Å². The summed E-state index contributed by atoms with van der Waals surface area (Å²) >= 11 is 0. The average Bonchev–Trinajstić information content (AvgIpc) is 3.50. The summed E-state index contributed by atoms with van der Waals surface area (Å²) in [5.74, 6) is 0.833. The minimum Gasteiger partial charge on any atom is -0.491 e. The van der Waals surface area contributed by atoms with Gasteiger partial charge in [0.25, 0.3) is 5.91 Å². The molecule has 10 heteroatoms. The molecule has 1 aliphatic rings. The molecule has 4 rings (SSSR count). The third-order valence-electron chi connectivity index (χ3n) is 7.26. The van der Waals surface area contributed by atoms with Crippen molar-refractivity contribution in [2.45, 2.75) is 58.5 Å². The molecule has 1 aromatic heterocycles. The Kier molecular flexibility index (Phi) is 9.42. The van der Waals surface area contributed by atoms with E-state index in [0.717, 1.165) is 37.1 Å². The van der Waals surface area contributed by atoms with Gasteiger partial charge in [-0.1, -0.05) is 12.1 Å². The molecule has 1 amide bonds. The predicted octanol–water partition coefficient (Wildman–Crippen LogP) is 3.91. The Morgan fingerprint density at radius 3 is 2.20 bits per heavy atom. The van der Waals surface area contributed by atoms with Crippen molar-refractivity contribution in [2.75, 3.05) is 33.4 Å². The molecule has 0 unspecified atom stereocenters. The fraction of sp³-hybridized carbons (Fsp3) is 0.467. The lowest BCUT2D eigenvalue weighted by atomic mass is 9.84. The highest BCUT2D eigenvalue weighted by Gasteiger charge is 2.32. The molecule has 2 aromatic carbocycles. The second kappa shape index (κ2) is 13.0. The number of hydrogen-bond acceptors (Lipinski definition) is 8. The number of aromatic nitrogens is 3. The number of nitrogens with zero attached hydrogens (tertiary/aromatic N) is 4. The minimum absolute atomic E-state index is 0.0643. The Morgan fingerprint density at radius 2 is 1.68 bits per heavy atom. The molecule has 3 aromatic rings. The van der Waals surface area contributed by atoms with E-state index in [1.54, 1.807) is 23.1 Å². The van der Waals surface area contributed by atoms with Gasteiger partial charge in [0.2, 0.25) is 0 Å². The monoisotopic (exact) mass is 549 g/mol. The molecule has 1 aliphatic heterocycles. The fourth-order valence-corrected chi connectivity index (χ4v) is 5.06. The van der Waals surface area contributed by atoms with Crippen LogP contribution in [0.1, 0.15) is 62.0 Å². The molecule has 2 heterocycles. The molecule has 0 radical (unpaired) electrons. The van der Waals surface area contributed by atoms with Crippen LogP contribution in [0.3, 0.4) is 0 Å². The van der Waals surface area contributed by atoms with Gasteiger partial charge in [-0.05, 0) is 89.0 Å². The van der Waals surface area contributed by atoms with Crippen molar-refractivity contribution >= 4 is 11.9 Å². The number of esters is 1. The summed E-state index contributed by atoms with van der Waals surface area (Å²) in [6, 6.07) is 11.2. The fourth-order valence-electron chi connectivity index (χ4n) is 5.06. The van der Waals surface area contributed by atoms with Gasteiger partial charge in [0.1, 0.15) is 24.2 Å². The van der Waals surface area contributed by atoms with E-state index in [-0.39, 0.29) is 17.9 Å². The van der Waals surface area contributed by atoms with Crippen LogP contribution < -0.4 is 14.8 Å². The van der Waals surface area contributed by atoms with Crippen LogP contribution in [0.4, 0.5) is 0 Å². The Balaban J connectivity index is 1.69. The average molecular weight is 550 g/mol. The highest BCUT2D eigenvalue weighted by molar-refractivity contribution is 5.94. The van der Waals surface area contributed by atoms with E-state index in [4.69, 9.17) is 14.2 Å². The van der Waals surface area contributed by atoms with Crippen LogP contribution in [-0.4, -0.2) is 71.0 Å². The first-order valence-corrected chi connectivity index (χ1v) is 13.8. The van der Waals surface area contributed by atoms with Gasteiger partial charge in [-0.2, -0.15) is 5.10 Å². The lowest BCUT2D eigenvalue weighted by molar-refractivity contribution is -0.146. The van der Waals surface area contributed by atoms with Gasteiger partial charge < -0.3 is 24.4 Å². The van der Waals surface area contributed by atoms with Gasteiger partial charge in [0.15, 0.2) is 5.69 Å². The lowest BCUT2D eigenvalue weighted by Crippen LogP contribution is -2.45. The van der Waals surface area contributed by atoms with Crippen LogP contribution in [0.25, 0.3) is 5.69 Å². The van der Waals surface area contributed by atoms with Crippen molar-refractivity contribution in [1.82, 2.24) is 25.0 Å². The van der Waals surface area contributed by atoms with E-state index < -0.39 is 5.41 Å². The molecule has 0 spiro atoms. The number of carbonyl (C=O) groups excluding carboxylic acids is 2. The first-order chi connectivity index (χ1) is 19.3. The zero-order chi connectivity index (χ0) is 28.7. The highest BCUT2D eigenvalue weighted by atomic mass is 16.5. The maximum absolute atomic E-state index is 14.0. The minimum atomic E-state index is -0.817. The topological polar surface area (TPSA) is 108 Å². The second-order valence-corrected chi connectivity index (χ2v) is 10.3. The van der Waals surface area contributed by atoms with E-state index in [0.29, 0.717) is 42.5 Å². The van der Waals surface area contributed by atoms with Crippen LogP contribution >= 0.6 is 0 Å². The summed E-state index contributed by atoms with van der Waals surface area (Å²) in [6.45, 7) is 10.5. The number of methoxy groups -OCH3 is 1. The first-order valence-electron chi connectivity index (χ1n) is 13.8. The largest absolute Gasteiger partial charge is 0.491 e. The van der Waals surface area contributed by atoms with Gasteiger partial charge >= 0.3 is 5.97 Å². The maximum Gasteiger partial charge on any atom is 0.315 e. The molecule has 1 N–H and O–H groups in total. The van der Waals surface area contributed by atoms with Gasteiger partial charge in [0.05, 0.1) is 25.7 Å². The summed E-state index contributed by atoms with van der Waals surface area (Å²) in [6.07, 6.45) is 4.78. The van der Waals surface area contributed by atoms with E-state index in [1.165, 1.54) is 13.4 Å². The van der Waals surface area contributed by atoms with Crippen molar-refractivity contribution in [3.8, 4) is 17.2 Å². The van der Waals surface area contributed by atoms with Crippen molar-refractivity contribution in [3.63, 3.8) is 0 Å². The molecule has 0 aliphatic carbocycles. The van der Waals surface area contributed by atoms with Crippen molar-refractivity contribution in [3.05, 3.63) is 65.7 Å². The number of nitrogens with one attached hydrogen (secondary N) is 1. The number of hydrogen-bond donors (Lipinski definition) is 1. The zero-order valence-corrected chi connectivity index (χ0v) is 24.0. The smallest absolute Gasteiger partial charge is 0.315 e. The quantitative estimate of drug-likeness (QED) is 0.359. The van der Waals surface area contributed by atoms with Gasteiger partial charge in [-0.25, -0.2) is 9.67 Å². The summed E-state index contributed by atoms with van der Waals surface area (Å²) < 4.78 is 18.6. The van der Waals surface area contributed by atoms with E-state index in [2.05, 4.69) is 15.4 Å². The number of ether oxygens (including phenoxy) is 3. The molecular weight excluding hydrogens is 510 g/mol. The summed E-state index contributed by atoms with van der Waals surface area (Å²) in [7, 11) is 1.38. The highest BCUT2D eigenvalue weighted by Crippen LogP contribution is 2.35. The number of rotatable bonds is 11. The number of piperidine rings is 1. The van der Waals surface area contributed by atoms with Crippen LogP contribution in [0.2, 0.25) is 0 Å². The Labute approximate surface area is 235 Å². The molecular formula is C30H39N5O5. The predicted molar refractivity (Wildman–Crippen MR) is 151 cm³/mol. The van der Waals surface area contributed by atoms with E-state index in [1.807, 2.05) is 56.9 Å². The zero-order valence-electron chi connectivity index (χ0n) is 24.0. The molecule has 1 saturated heterocycles. The number of benzene rings is 2. The van der Waals surface area contributed by atoms with Crippen LogP contribution in [0, 0.1) is 0 Å². The SMILES string of the molecule is CCOc1cc(CN(C(=O)c2ccc(C(C)(C)C(=O)OC)cc2)C2CCNCC2)cc(OCC)c1-n1cncn1. The summed E-state index contributed by atoms with van der Waals surface area (Å²) in [4.78, 5) is 32.3. The molecule has 214 valence electrons. The van der Waals surface area contributed by atoms with E-state index in [9.17, 15) is 9.59 Å². The second-order valence-electron chi connectivity index (χ2n) is 10.3. The number of carbonyl (C=O) groups is 2. The van der Waals surface area contributed by atoms with Gasteiger partial charge in [0, 0.05) is 18.2 Å². The summed E-state index contributed by atoms with van der Waals surface area (Å²) in [5, 5.41) is 7.68. The molecule has 40 heavy (non-hydrogen) atoms. The standard InChI is InChI=1S/C30H39N5O5/c1-6-39-25-16-21(17-26(40-7-2)27(25)35-20-32-19-33-35)18-34(24-12-14-31-15-13-24)28(36)22-8-10-23(11-9-22)30(3,4)29(37)38-5/h8-11,16-17,19-20,24,31H,6-7,12-15,18H2,1-5H3. The normalized spacial score (nSPS) is 14.0. The van der Waals surface area contributed by atoms with Gasteiger partial charge in [-0.15, -0.1) is 0 Å². The lowest BCUT2D eigenvalue weighted by Gasteiger charge is -2.35. The Hall–Kier alpha value is -3.92. The first kappa shape index (κ1) is 29.1. The maximum atomic E-state index is 14.0. The third-order valence-corrected chi connectivity index (χ3v) is 7.26. The van der Waals surface area contributed by atoms with Crippen LogP contribution in [0.15, 0.2) is 49.1 Å². The molecule has 10 nitrogen and oxygen atoms in total. The summed E-state index contributed by atoms with van der Waals surface area (Å²) in [5.41, 5.74) is 2.11. The third kappa shape index (κ3) is 6.28. The van der Waals surface area contributed by atoms with Crippen molar-refractivity contribution < 1.29 is 23.8 Å². The number of amides is 1. The molecule has 1 fully saturated rings.